The van der Waals surface area contributed by atoms with E-state index in [0.29, 0.717) is 24.2 Å². The first kappa shape index (κ1) is 28.3. The van der Waals surface area contributed by atoms with Gasteiger partial charge in [-0.1, -0.05) is 38.1 Å². The van der Waals surface area contributed by atoms with Crippen molar-refractivity contribution in [2.75, 3.05) is 20.2 Å². The summed E-state index contributed by atoms with van der Waals surface area (Å²) in [6.45, 7) is 3.61. The molecule has 2 aromatic carbocycles. The maximum absolute atomic E-state index is 13.3. The minimum atomic E-state index is -3.94. The number of hydrogen-bond acceptors (Lipinski definition) is 7. The fourth-order valence-electron chi connectivity index (χ4n) is 4.56. The van der Waals surface area contributed by atoms with Gasteiger partial charge in [-0.25, -0.2) is 8.42 Å². The molecule has 1 fully saturated rings. The van der Waals surface area contributed by atoms with Gasteiger partial charge in [0.1, 0.15) is 17.4 Å². The molecule has 10 nitrogen and oxygen atoms in total. The first-order chi connectivity index (χ1) is 18.6. The van der Waals surface area contributed by atoms with Crippen molar-refractivity contribution in [1.82, 2.24) is 14.9 Å². The summed E-state index contributed by atoms with van der Waals surface area (Å²) >= 11 is 0. The van der Waals surface area contributed by atoms with Crippen LogP contribution in [0.3, 0.4) is 0 Å². The molecule has 0 saturated carbocycles. The predicted molar refractivity (Wildman–Crippen MR) is 145 cm³/mol. The number of rotatable bonds is 9. The Morgan fingerprint density at radius 1 is 1.13 bits per heavy atom. The summed E-state index contributed by atoms with van der Waals surface area (Å²) in [5.74, 6) is -0.903. The van der Waals surface area contributed by atoms with E-state index >= 15 is 0 Å². The molecule has 0 radical (unpaired) electrons. The van der Waals surface area contributed by atoms with Crippen molar-refractivity contribution < 1.29 is 32.0 Å². The number of amides is 2. The lowest BCUT2D eigenvalue weighted by Gasteiger charge is -2.23. The fraction of sp³-hybridized carbons (Fsp3) is 0.393. The third-order valence-corrected chi connectivity index (χ3v) is 8.44. The zero-order chi connectivity index (χ0) is 28.2. The van der Waals surface area contributed by atoms with Crippen LogP contribution in [0.15, 0.2) is 63.9 Å². The third kappa shape index (κ3) is 6.66. The van der Waals surface area contributed by atoms with E-state index in [1.165, 1.54) is 19.2 Å². The number of hydrogen-bond donors (Lipinski definition) is 2. The number of furan rings is 1. The van der Waals surface area contributed by atoms with Crippen LogP contribution >= 0.6 is 0 Å². The van der Waals surface area contributed by atoms with E-state index in [0.717, 1.165) is 9.69 Å². The van der Waals surface area contributed by atoms with Crippen molar-refractivity contribution >= 4 is 38.6 Å². The molecule has 2 atom stereocenters. The second-order valence-electron chi connectivity index (χ2n) is 9.99. The topological polar surface area (TPSA) is 135 Å². The van der Waals surface area contributed by atoms with Crippen LogP contribution in [-0.2, 0) is 19.6 Å². The van der Waals surface area contributed by atoms with Gasteiger partial charge in [-0.15, -0.1) is 0 Å². The highest BCUT2D eigenvalue weighted by atomic mass is 32.2. The number of methoxy groups -OCH3 is 1. The molecule has 1 saturated heterocycles. The SMILES string of the molecule is COc1cccc(S(=O)(=O)N2CCCC(NC(=O)[C@H](CC(C)C)NC(=O)c3cc4ccccc4o3)C(=O)C2)c1. The summed E-state index contributed by atoms with van der Waals surface area (Å²) in [6, 6.07) is 13.1. The van der Waals surface area contributed by atoms with Crippen molar-refractivity contribution in [3.8, 4) is 5.75 Å². The summed E-state index contributed by atoms with van der Waals surface area (Å²) in [7, 11) is -2.50. The molecule has 0 bridgehead atoms. The summed E-state index contributed by atoms with van der Waals surface area (Å²) in [6.07, 6.45) is 0.996. The van der Waals surface area contributed by atoms with Crippen molar-refractivity contribution in [2.45, 2.75) is 50.1 Å². The lowest BCUT2D eigenvalue weighted by molar-refractivity contribution is -0.129. The summed E-state index contributed by atoms with van der Waals surface area (Å²) in [5.41, 5.74) is 0.560. The molecule has 0 spiro atoms. The van der Waals surface area contributed by atoms with Crippen LogP contribution in [0, 0.1) is 5.92 Å². The van der Waals surface area contributed by atoms with Crippen LogP contribution in [0.5, 0.6) is 5.75 Å². The Morgan fingerprint density at radius 3 is 2.62 bits per heavy atom. The zero-order valence-corrected chi connectivity index (χ0v) is 23.0. The van der Waals surface area contributed by atoms with Crippen LogP contribution in [0.2, 0.25) is 0 Å². The maximum Gasteiger partial charge on any atom is 0.287 e. The van der Waals surface area contributed by atoms with E-state index in [9.17, 15) is 22.8 Å². The number of ether oxygens (including phenoxy) is 1. The number of Topliss-reactive ketones (excluding diaryl/α,β-unsaturated/α-hetero) is 1. The molecule has 1 unspecified atom stereocenters. The molecular formula is C28H33N3O7S. The van der Waals surface area contributed by atoms with E-state index in [4.69, 9.17) is 9.15 Å². The Morgan fingerprint density at radius 2 is 1.90 bits per heavy atom. The van der Waals surface area contributed by atoms with Gasteiger partial charge in [0.15, 0.2) is 11.5 Å². The van der Waals surface area contributed by atoms with Crippen molar-refractivity contribution in [3.05, 3.63) is 60.4 Å². The number of ketones is 1. The monoisotopic (exact) mass is 555 g/mol. The Bertz CT molecular complexity index is 1430. The molecule has 3 aromatic rings. The van der Waals surface area contributed by atoms with Crippen LogP contribution in [-0.4, -0.2) is 62.6 Å². The van der Waals surface area contributed by atoms with Gasteiger partial charge in [-0.05, 0) is 49.4 Å². The van der Waals surface area contributed by atoms with Crippen molar-refractivity contribution in [1.29, 1.82) is 0 Å². The quantitative estimate of drug-likeness (QED) is 0.414. The molecule has 1 aliphatic rings. The molecule has 2 N–H and O–H groups in total. The van der Waals surface area contributed by atoms with Crippen molar-refractivity contribution in [2.24, 2.45) is 5.92 Å². The van der Waals surface area contributed by atoms with E-state index in [1.807, 2.05) is 26.0 Å². The molecule has 11 heteroatoms. The minimum absolute atomic E-state index is 0.0300. The largest absolute Gasteiger partial charge is 0.497 e. The van der Waals surface area contributed by atoms with Gasteiger partial charge in [0.05, 0.1) is 24.6 Å². The number of para-hydroxylation sites is 1. The molecule has 1 aromatic heterocycles. The van der Waals surface area contributed by atoms with Gasteiger partial charge < -0.3 is 19.8 Å². The Kier molecular flexibility index (Phi) is 8.71. The van der Waals surface area contributed by atoms with E-state index in [2.05, 4.69) is 10.6 Å². The lowest BCUT2D eigenvalue weighted by Crippen LogP contribution is -2.52. The first-order valence-corrected chi connectivity index (χ1v) is 14.3. The molecule has 0 aliphatic carbocycles. The molecule has 39 heavy (non-hydrogen) atoms. The second kappa shape index (κ2) is 12.0. The van der Waals surface area contributed by atoms with Crippen LogP contribution in [0.4, 0.5) is 0 Å². The minimum Gasteiger partial charge on any atom is -0.497 e. The normalized spacial score (nSPS) is 17.5. The summed E-state index contributed by atoms with van der Waals surface area (Å²) in [4.78, 5) is 39.3. The van der Waals surface area contributed by atoms with Gasteiger partial charge in [-0.3, -0.25) is 14.4 Å². The average Bonchev–Trinajstić information content (AvgIpc) is 3.26. The lowest BCUT2D eigenvalue weighted by atomic mass is 10.0. The number of nitrogens with zero attached hydrogens (tertiary/aromatic N) is 1. The number of carbonyl (C=O) groups is 3. The van der Waals surface area contributed by atoms with Gasteiger partial charge in [0.2, 0.25) is 15.9 Å². The highest BCUT2D eigenvalue weighted by Gasteiger charge is 2.34. The standard InChI is InChI=1S/C28H33N3O7S/c1-18(2)14-23(30-28(34)26-15-19-8-4-5-12-25(19)38-26)27(33)29-22-11-7-13-31(17-24(22)32)39(35,36)21-10-6-9-20(16-21)37-3/h4-6,8-10,12,15-16,18,22-23H,7,11,13-14,17H2,1-3H3,(H,29,33)(H,30,34)/t22?,23-/m0/s1. The number of benzene rings is 2. The molecule has 208 valence electrons. The third-order valence-electron chi connectivity index (χ3n) is 6.59. The summed E-state index contributed by atoms with van der Waals surface area (Å²) < 4.78 is 38.3. The zero-order valence-electron chi connectivity index (χ0n) is 22.2. The van der Waals surface area contributed by atoms with Crippen LogP contribution in [0.1, 0.15) is 43.7 Å². The Hall–Kier alpha value is -3.70. The smallest absolute Gasteiger partial charge is 0.287 e. The second-order valence-corrected chi connectivity index (χ2v) is 11.9. The van der Waals surface area contributed by atoms with E-state index < -0.39 is 39.7 Å². The summed E-state index contributed by atoms with van der Waals surface area (Å²) in [5, 5.41) is 6.26. The molecular weight excluding hydrogens is 522 g/mol. The van der Waals surface area contributed by atoms with Gasteiger partial charge in [-0.2, -0.15) is 4.31 Å². The number of nitrogens with one attached hydrogen (secondary N) is 2. The highest BCUT2D eigenvalue weighted by molar-refractivity contribution is 7.89. The van der Waals surface area contributed by atoms with Gasteiger partial charge >= 0.3 is 0 Å². The van der Waals surface area contributed by atoms with E-state index in [-0.39, 0.29) is 36.1 Å². The number of carbonyl (C=O) groups excluding carboxylic acids is 3. The first-order valence-electron chi connectivity index (χ1n) is 12.8. The Labute approximate surface area is 227 Å². The predicted octanol–water partition coefficient (Wildman–Crippen LogP) is 3.12. The van der Waals surface area contributed by atoms with E-state index in [1.54, 1.807) is 30.3 Å². The highest BCUT2D eigenvalue weighted by Crippen LogP contribution is 2.23. The van der Waals surface area contributed by atoms with Gasteiger partial charge in [0, 0.05) is 18.0 Å². The average molecular weight is 556 g/mol. The Balaban J connectivity index is 1.44. The molecule has 1 aliphatic heterocycles. The van der Waals surface area contributed by atoms with Gasteiger partial charge in [0.25, 0.3) is 5.91 Å². The molecule has 2 heterocycles. The molecule has 4 rings (SSSR count). The number of fused-ring (bicyclic) bond motifs is 1. The molecule has 2 amide bonds. The maximum atomic E-state index is 13.3. The number of sulfonamides is 1. The van der Waals surface area contributed by atoms with Crippen molar-refractivity contribution in [3.63, 3.8) is 0 Å². The van der Waals surface area contributed by atoms with Crippen LogP contribution < -0.4 is 15.4 Å². The van der Waals surface area contributed by atoms with Crippen LogP contribution in [0.25, 0.3) is 11.0 Å². The fourth-order valence-corrected chi connectivity index (χ4v) is 6.04.